The number of hydrogen-bond acceptors (Lipinski definition) is 4. The average Bonchev–Trinajstić information content (AvgIpc) is 2.25. The molecule has 2 amide bonds. The zero-order valence-electron chi connectivity index (χ0n) is 10.1. The van der Waals surface area contributed by atoms with Crippen LogP contribution in [0.25, 0.3) is 0 Å². The van der Waals surface area contributed by atoms with Crippen LogP contribution in [0.2, 0.25) is 0 Å². The number of carbonyl (C=O) groups excluding carboxylic acids is 1. The second kappa shape index (κ2) is 5.11. The lowest BCUT2D eigenvalue weighted by Gasteiger charge is -2.36. The van der Waals surface area contributed by atoms with Crippen LogP contribution in [0.15, 0.2) is 18.2 Å². The lowest BCUT2D eigenvalue weighted by atomic mass is 10.0. The van der Waals surface area contributed by atoms with Gasteiger partial charge in [0, 0.05) is 30.9 Å². The number of nitrogens with zero attached hydrogens (tertiary/aromatic N) is 2. The van der Waals surface area contributed by atoms with Crippen LogP contribution < -0.4 is 5.32 Å². The summed E-state index contributed by atoms with van der Waals surface area (Å²) in [5, 5.41) is 21.4. The molecule has 1 saturated heterocycles. The number of urea groups is 1. The van der Waals surface area contributed by atoms with Gasteiger partial charge in [0.05, 0.1) is 10.8 Å². The van der Waals surface area contributed by atoms with E-state index in [1.165, 1.54) is 11.0 Å². The van der Waals surface area contributed by atoms with Crippen LogP contribution in [0.3, 0.4) is 0 Å². The van der Waals surface area contributed by atoms with Crippen LogP contribution in [-0.2, 0) is 4.79 Å². The third-order valence-corrected chi connectivity index (χ3v) is 2.91. The fraction of sp³-hybridized carbons (Fsp3) is 0.273. The first kappa shape index (κ1) is 13.7. The molecule has 0 unspecified atom stereocenters. The maximum Gasteiger partial charge on any atom is 0.321 e. The molecule has 20 heavy (non-hydrogen) atoms. The summed E-state index contributed by atoms with van der Waals surface area (Å²) in [7, 11) is 0. The molecule has 0 radical (unpaired) electrons. The number of benzene rings is 1. The van der Waals surface area contributed by atoms with Crippen LogP contribution in [0, 0.1) is 21.8 Å². The molecule has 1 fully saturated rings. The Balaban J connectivity index is 1.97. The molecular formula is C11H10FN3O5. The first-order chi connectivity index (χ1) is 9.38. The van der Waals surface area contributed by atoms with Gasteiger partial charge < -0.3 is 15.3 Å². The van der Waals surface area contributed by atoms with E-state index in [-0.39, 0.29) is 18.8 Å². The number of carboxylic acids is 1. The molecule has 0 aliphatic carbocycles. The van der Waals surface area contributed by atoms with E-state index in [0.29, 0.717) is 0 Å². The predicted octanol–water partition coefficient (Wildman–Crippen LogP) is 1.28. The van der Waals surface area contributed by atoms with Gasteiger partial charge in [-0.3, -0.25) is 14.9 Å². The molecule has 0 aromatic heterocycles. The Hall–Kier alpha value is -2.71. The molecule has 1 aliphatic rings. The molecule has 1 aromatic rings. The summed E-state index contributed by atoms with van der Waals surface area (Å²) in [5.74, 6) is -2.62. The number of anilines is 1. The van der Waals surface area contributed by atoms with Gasteiger partial charge in [0.25, 0.3) is 0 Å². The Bertz CT molecular complexity index is 585. The van der Waals surface area contributed by atoms with Crippen molar-refractivity contribution in [2.75, 3.05) is 18.4 Å². The van der Waals surface area contributed by atoms with Gasteiger partial charge in [0.2, 0.25) is 5.82 Å². The third-order valence-electron chi connectivity index (χ3n) is 2.91. The van der Waals surface area contributed by atoms with Crippen molar-refractivity contribution < 1.29 is 24.0 Å². The summed E-state index contributed by atoms with van der Waals surface area (Å²) in [6.45, 7) is 0.160. The normalized spacial score (nSPS) is 14.6. The zero-order valence-corrected chi connectivity index (χ0v) is 10.1. The van der Waals surface area contributed by atoms with Crippen LogP contribution in [0.4, 0.5) is 20.6 Å². The zero-order chi connectivity index (χ0) is 14.9. The van der Waals surface area contributed by atoms with Crippen molar-refractivity contribution in [2.45, 2.75) is 0 Å². The van der Waals surface area contributed by atoms with E-state index < -0.39 is 34.3 Å². The highest BCUT2D eigenvalue weighted by molar-refractivity contribution is 5.91. The van der Waals surface area contributed by atoms with Crippen molar-refractivity contribution in [3.63, 3.8) is 0 Å². The summed E-state index contributed by atoms with van der Waals surface area (Å²) >= 11 is 0. The molecule has 1 heterocycles. The van der Waals surface area contributed by atoms with Gasteiger partial charge in [0.15, 0.2) is 0 Å². The number of nitro benzene ring substituents is 1. The molecule has 2 N–H and O–H groups in total. The number of carboxylic acid groups (broad SMARTS) is 1. The van der Waals surface area contributed by atoms with E-state index in [0.717, 1.165) is 12.1 Å². The van der Waals surface area contributed by atoms with Crippen molar-refractivity contribution in [1.29, 1.82) is 0 Å². The quantitative estimate of drug-likeness (QED) is 0.641. The molecule has 8 nitrogen and oxygen atoms in total. The minimum absolute atomic E-state index is 0.0666. The van der Waals surface area contributed by atoms with E-state index in [1.807, 2.05) is 0 Å². The Labute approximate surface area is 111 Å². The standard InChI is InChI=1S/C11H10FN3O5/c12-8-3-7(1-2-9(8)15(19)20)13-11(18)14-4-6(5-14)10(16)17/h1-3,6H,4-5H2,(H,13,18)(H,16,17). The highest BCUT2D eigenvalue weighted by atomic mass is 19.1. The number of rotatable bonds is 3. The number of carbonyl (C=O) groups is 2. The van der Waals surface area contributed by atoms with Crippen molar-refractivity contribution in [1.82, 2.24) is 4.90 Å². The third kappa shape index (κ3) is 2.66. The molecule has 0 atom stereocenters. The fourth-order valence-corrected chi connectivity index (χ4v) is 1.74. The number of nitrogens with one attached hydrogen (secondary N) is 1. The first-order valence-electron chi connectivity index (χ1n) is 5.61. The Morgan fingerprint density at radius 2 is 2.10 bits per heavy atom. The van der Waals surface area contributed by atoms with Gasteiger partial charge >= 0.3 is 17.7 Å². The molecule has 0 bridgehead atoms. The van der Waals surface area contributed by atoms with Gasteiger partial charge in [-0.2, -0.15) is 4.39 Å². The second-order valence-corrected chi connectivity index (χ2v) is 4.29. The summed E-state index contributed by atoms with van der Waals surface area (Å²) in [6.07, 6.45) is 0. The van der Waals surface area contributed by atoms with Gasteiger partial charge in [0.1, 0.15) is 0 Å². The molecule has 1 aliphatic heterocycles. The van der Waals surface area contributed by atoms with E-state index in [9.17, 15) is 24.1 Å². The monoisotopic (exact) mass is 283 g/mol. The number of likely N-dealkylation sites (tertiary alicyclic amines) is 1. The summed E-state index contributed by atoms with van der Waals surface area (Å²) < 4.78 is 13.3. The van der Waals surface area contributed by atoms with Gasteiger partial charge in [-0.05, 0) is 6.07 Å². The lowest BCUT2D eigenvalue weighted by Crippen LogP contribution is -2.54. The molecule has 9 heteroatoms. The van der Waals surface area contributed by atoms with Gasteiger partial charge in [-0.15, -0.1) is 0 Å². The van der Waals surface area contributed by atoms with Crippen molar-refractivity contribution in [3.8, 4) is 0 Å². The predicted molar refractivity (Wildman–Crippen MR) is 64.8 cm³/mol. The average molecular weight is 283 g/mol. The van der Waals surface area contributed by atoms with E-state index in [2.05, 4.69) is 5.32 Å². The smallest absolute Gasteiger partial charge is 0.321 e. The maximum atomic E-state index is 13.3. The molecule has 1 aromatic carbocycles. The number of aliphatic carboxylic acids is 1. The molecular weight excluding hydrogens is 273 g/mol. The van der Waals surface area contributed by atoms with Crippen molar-refractivity contribution >= 4 is 23.4 Å². The minimum atomic E-state index is -1.06. The van der Waals surface area contributed by atoms with Crippen LogP contribution in [0.5, 0.6) is 0 Å². The largest absolute Gasteiger partial charge is 0.481 e. The SMILES string of the molecule is O=C(O)C1CN(C(=O)Nc2ccc([N+](=O)[O-])c(F)c2)C1. The Morgan fingerprint density at radius 1 is 1.45 bits per heavy atom. The fourth-order valence-electron chi connectivity index (χ4n) is 1.74. The molecule has 0 spiro atoms. The lowest BCUT2D eigenvalue weighted by molar-refractivity contribution is -0.387. The summed E-state index contributed by atoms with van der Waals surface area (Å²) in [5.41, 5.74) is -0.616. The van der Waals surface area contributed by atoms with E-state index in [4.69, 9.17) is 5.11 Å². The van der Waals surface area contributed by atoms with Crippen LogP contribution >= 0.6 is 0 Å². The van der Waals surface area contributed by atoms with E-state index in [1.54, 1.807) is 0 Å². The Kier molecular flexibility index (Phi) is 3.51. The Morgan fingerprint density at radius 3 is 2.60 bits per heavy atom. The van der Waals surface area contributed by atoms with Crippen molar-refractivity contribution in [3.05, 3.63) is 34.1 Å². The molecule has 106 valence electrons. The minimum Gasteiger partial charge on any atom is -0.481 e. The van der Waals surface area contributed by atoms with Gasteiger partial charge in [-0.25, -0.2) is 4.79 Å². The molecule has 2 rings (SSSR count). The highest BCUT2D eigenvalue weighted by Gasteiger charge is 2.35. The first-order valence-corrected chi connectivity index (χ1v) is 5.61. The summed E-state index contributed by atoms with van der Waals surface area (Å²) in [4.78, 5) is 33.1. The van der Waals surface area contributed by atoms with E-state index >= 15 is 0 Å². The van der Waals surface area contributed by atoms with Crippen LogP contribution in [-0.4, -0.2) is 40.0 Å². The van der Waals surface area contributed by atoms with Crippen LogP contribution in [0.1, 0.15) is 0 Å². The topological polar surface area (TPSA) is 113 Å². The van der Waals surface area contributed by atoms with Gasteiger partial charge in [-0.1, -0.05) is 0 Å². The number of nitro groups is 1. The maximum absolute atomic E-state index is 13.3. The number of halogens is 1. The number of hydrogen-bond donors (Lipinski definition) is 2. The number of amides is 2. The molecule has 0 saturated carbocycles. The van der Waals surface area contributed by atoms with Crippen molar-refractivity contribution in [2.24, 2.45) is 5.92 Å². The second-order valence-electron chi connectivity index (χ2n) is 4.29. The highest BCUT2D eigenvalue weighted by Crippen LogP contribution is 2.22. The summed E-state index contributed by atoms with van der Waals surface area (Å²) in [6, 6.07) is 2.41.